The highest BCUT2D eigenvalue weighted by molar-refractivity contribution is 6.33. The summed E-state index contributed by atoms with van der Waals surface area (Å²) in [5, 5.41) is 9.60. The predicted octanol–water partition coefficient (Wildman–Crippen LogP) is 3.68. The molecular formula is C23H26ClN5O2. The normalized spacial score (nSPS) is 15.3. The van der Waals surface area contributed by atoms with Crippen molar-refractivity contribution in [1.82, 2.24) is 25.0 Å². The van der Waals surface area contributed by atoms with E-state index < -0.39 is 5.54 Å². The average Bonchev–Trinajstić information content (AvgIpc) is 3.10. The highest BCUT2D eigenvalue weighted by Crippen LogP contribution is 2.30. The number of benzene rings is 1. The first kappa shape index (κ1) is 21.3. The monoisotopic (exact) mass is 439 g/mol. The highest BCUT2D eigenvalue weighted by atomic mass is 35.5. The number of nitrogens with one attached hydrogen (secondary N) is 1. The van der Waals surface area contributed by atoms with Crippen molar-refractivity contribution in [2.45, 2.75) is 32.2 Å². The van der Waals surface area contributed by atoms with Crippen molar-refractivity contribution in [3.05, 3.63) is 59.1 Å². The van der Waals surface area contributed by atoms with Gasteiger partial charge in [-0.1, -0.05) is 23.7 Å². The Kier molecular flexibility index (Phi) is 5.71. The first-order valence-corrected chi connectivity index (χ1v) is 10.8. The third kappa shape index (κ3) is 4.28. The molecule has 7 nitrogen and oxygen atoms in total. The predicted molar refractivity (Wildman–Crippen MR) is 120 cm³/mol. The first-order valence-electron chi connectivity index (χ1n) is 10.4. The number of carbonyl (C=O) groups excluding carboxylic acids is 2. The van der Waals surface area contributed by atoms with Crippen molar-refractivity contribution in [3.8, 4) is 0 Å². The van der Waals surface area contributed by atoms with Crippen LogP contribution >= 0.6 is 11.6 Å². The summed E-state index contributed by atoms with van der Waals surface area (Å²) < 4.78 is 1.55. The van der Waals surface area contributed by atoms with Crippen molar-refractivity contribution in [1.29, 1.82) is 0 Å². The van der Waals surface area contributed by atoms with Crippen LogP contribution in [-0.2, 0) is 7.05 Å². The Labute approximate surface area is 186 Å². The van der Waals surface area contributed by atoms with Gasteiger partial charge in [-0.3, -0.25) is 19.3 Å². The van der Waals surface area contributed by atoms with Gasteiger partial charge in [0.1, 0.15) is 0 Å². The summed E-state index contributed by atoms with van der Waals surface area (Å²) >= 11 is 6.14. The Morgan fingerprint density at radius 3 is 2.61 bits per heavy atom. The third-order valence-electron chi connectivity index (χ3n) is 6.15. The van der Waals surface area contributed by atoms with Gasteiger partial charge in [0.2, 0.25) is 0 Å². The molecule has 8 heteroatoms. The van der Waals surface area contributed by atoms with Crippen LogP contribution in [0.3, 0.4) is 0 Å². The van der Waals surface area contributed by atoms with Crippen molar-refractivity contribution in [2.24, 2.45) is 13.0 Å². The molecule has 1 N–H and O–H groups in total. The third-order valence-corrected chi connectivity index (χ3v) is 6.43. The molecule has 4 rings (SSSR count). The molecule has 0 unspecified atom stereocenters. The number of pyridine rings is 1. The summed E-state index contributed by atoms with van der Waals surface area (Å²) in [7, 11) is 1.74. The van der Waals surface area contributed by atoms with Crippen molar-refractivity contribution < 1.29 is 9.59 Å². The maximum atomic E-state index is 13.1. The van der Waals surface area contributed by atoms with Crippen LogP contribution in [0.2, 0.25) is 5.02 Å². The van der Waals surface area contributed by atoms with E-state index in [2.05, 4.69) is 29.2 Å². The molecule has 2 aromatic heterocycles. The van der Waals surface area contributed by atoms with Crippen LogP contribution in [0.15, 0.2) is 42.9 Å². The molecule has 1 aliphatic rings. The van der Waals surface area contributed by atoms with Gasteiger partial charge in [-0.05, 0) is 50.1 Å². The zero-order valence-electron chi connectivity index (χ0n) is 17.9. The van der Waals surface area contributed by atoms with E-state index in [1.165, 1.54) is 0 Å². The van der Waals surface area contributed by atoms with E-state index in [-0.39, 0.29) is 17.7 Å². The molecule has 2 amide bonds. The van der Waals surface area contributed by atoms with E-state index in [9.17, 15) is 9.59 Å². The fourth-order valence-electron chi connectivity index (χ4n) is 4.34. The van der Waals surface area contributed by atoms with Crippen molar-refractivity contribution in [2.75, 3.05) is 13.1 Å². The smallest absolute Gasteiger partial charge is 0.275 e. The zero-order valence-corrected chi connectivity index (χ0v) is 18.7. The fourth-order valence-corrected chi connectivity index (χ4v) is 4.60. The van der Waals surface area contributed by atoms with Crippen LogP contribution in [0.4, 0.5) is 0 Å². The first-order chi connectivity index (χ1) is 14.8. The second kappa shape index (κ2) is 8.30. The fraction of sp³-hybridized carbons (Fsp3) is 0.391. The number of aromatic nitrogens is 3. The molecule has 3 aromatic rings. The minimum atomic E-state index is -0.413. The van der Waals surface area contributed by atoms with E-state index in [0.29, 0.717) is 29.4 Å². The number of hydrogen-bond donors (Lipinski definition) is 1. The van der Waals surface area contributed by atoms with Gasteiger partial charge in [-0.25, -0.2) is 0 Å². The molecule has 3 heterocycles. The highest BCUT2D eigenvalue weighted by Gasteiger charge is 2.36. The van der Waals surface area contributed by atoms with E-state index >= 15 is 0 Å². The summed E-state index contributed by atoms with van der Waals surface area (Å²) in [6, 6.07) is 7.53. The lowest BCUT2D eigenvalue weighted by Gasteiger charge is -2.41. The van der Waals surface area contributed by atoms with Crippen LogP contribution in [0.1, 0.15) is 47.5 Å². The van der Waals surface area contributed by atoms with Gasteiger partial charge in [0.25, 0.3) is 11.8 Å². The largest absolute Gasteiger partial charge is 0.347 e. The summed E-state index contributed by atoms with van der Waals surface area (Å²) in [5.41, 5.74) is 0.523. The number of piperidine rings is 1. The van der Waals surface area contributed by atoms with E-state index in [1.807, 2.05) is 24.3 Å². The van der Waals surface area contributed by atoms with Crippen LogP contribution in [0.5, 0.6) is 0 Å². The summed E-state index contributed by atoms with van der Waals surface area (Å²) in [5.74, 6) is 0.00665. The van der Waals surface area contributed by atoms with Crippen molar-refractivity contribution >= 4 is 34.2 Å². The molecule has 0 atom stereocenters. The van der Waals surface area contributed by atoms with Gasteiger partial charge in [0.05, 0.1) is 5.02 Å². The zero-order chi connectivity index (χ0) is 22.2. The molecular weight excluding hydrogens is 414 g/mol. The molecule has 0 radical (unpaired) electrons. The maximum absolute atomic E-state index is 13.1. The number of amides is 2. The minimum Gasteiger partial charge on any atom is -0.347 e. The van der Waals surface area contributed by atoms with Gasteiger partial charge in [-0.2, -0.15) is 5.10 Å². The average molecular weight is 440 g/mol. The van der Waals surface area contributed by atoms with Crippen LogP contribution in [0.25, 0.3) is 10.8 Å². The van der Waals surface area contributed by atoms with Gasteiger partial charge < -0.3 is 10.2 Å². The quantitative estimate of drug-likeness (QED) is 0.672. The van der Waals surface area contributed by atoms with Gasteiger partial charge in [0, 0.05) is 55.2 Å². The Morgan fingerprint density at radius 1 is 1.19 bits per heavy atom. The Balaban J connectivity index is 1.42. The molecule has 162 valence electrons. The van der Waals surface area contributed by atoms with Gasteiger partial charge >= 0.3 is 0 Å². The molecule has 0 spiro atoms. The van der Waals surface area contributed by atoms with E-state index in [1.54, 1.807) is 35.2 Å². The number of halogens is 1. The Hall–Kier alpha value is -2.93. The summed E-state index contributed by atoms with van der Waals surface area (Å²) in [6.45, 7) is 5.32. The molecule has 1 aromatic carbocycles. The molecule has 0 aliphatic carbocycles. The number of aryl methyl sites for hydroxylation is 1. The van der Waals surface area contributed by atoms with Crippen LogP contribution in [0, 0.1) is 5.92 Å². The summed E-state index contributed by atoms with van der Waals surface area (Å²) in [4.78, 5) is 31.8. The lowest BCUT2D eigenvalue weighted by atomic mass is 9.80. The van der Waals surface area contributed by atoms with Gasteiger partial charge in [0.15, 0.2) is 5.69 Å². The Bertz CT molecular complexity index is 1130. The maximum Gasteiger partial charge on any atom is 0.275 e. The lowest BCUT2D eigenvalue weighted by Crippen LogP contribution is -2.53. The number of fused-ring (bicyclic) bond motifs is 1. The van der Waals surface area contributed by atoms with E-state index in [4.69, 9.17) is 11.6 Å². The second-order valence-corrected chi connectivity index (χ2v) is 9.05. The van der Waals surface area contributed by atoms with Crippen LogP contribution < -0.4 is 5.32 Å². The number of hydrogen-bond acceptors (Lipinski definition) is 4. The van der Waals surface area contributed by atoms with Crippen molar-refractivity contribution in [3.63, 3.8) is 0 Å². The molecule has 1 aliphatic heterocycles. The second-order valence-electron chi connectivity index (χ2n) is 8.64. The Morgan fingerprint density at radius 2 is 1.94 bits per heavy atom. The topological polar surface area (TPSA) is 80.1 Å². The molecule has 31 heavy (non-hydrogen) atoms. The SMILES string of the molecule is Cn1cc(Cl)c(C(=O)N2CCC(C(C)(C)NC(=O)c3cccc4cnccc34)CC2)n1. The lowest BCUT2D eigenvalue weighted by molar-refractivity contribution is 0.0604. The number of carbonyl (C=O) groups is 2. The number of nitrogens with zero attached hydrogens (tertiary/aromatic N) is 4. The number of likely N-dealkylation sites (tertiary alicyclic amines) is 1. The van der Waals surface area contributed by atoms with Crippen LogP contribution in [-0.4, -0.2) is 50.1 Å². The molecule has 1 fully saturated rings. The molecule has 0 bridgehead atoms. The minimum absolute atomic E-state index is 0.0967. The standard InChI is InChI=1S/C23H26ClN5O2/c1-23(2,26-21(30)18-6-4-5-15-13-25-10-7-17(15)18)16-8-11-29(12-9-16)22(31)20-19(24)14-28(3)27-20/h4-7,10,13-14,16H,8-9,11-12H2,1-3H3,(H,26,30). The summed E-state index contributed by atoms with van der Waals surface area (Å²) in [6.07, 6.45) is 6.68. The van der Waals surface area contributed by atoms with Gasteiger partial charge in [-0.15, -0.1) is 0 Å². The van der Waals surface area contributed by atoms with E-state index in [0.717, 1.165) is 23.6 Å². The molecule has 1 saturated heterocycles. The molecule has 0 saturated carbocycles. The number of rotatable bonds is 4.